The molecule has 0 saturated heterocycles. The zero-order chi connectivity index (χ0) is 17.8. The Balaban J connectivity index is 2.16. The number of hydrogen-bond acceptors (Lipinski definition) is 4. The second-order valence-electron chi connectivity index (χ2n) is 5.58. The number of nitrogens with zero attached hydrogens (tertiary/aromatic N) is 2. The highest BCUT2D eigenvalue weighted by atomic mass is 32.2. The molecule has 0 bridgehead atoms. The number of benzene rings is 2. The summed E-state index contributed by atoms with van der Waals surface area (Å²) >= 11 is 1.27. The highest BCUT2D eigenvalue weighted by Crippen LogP contribution is 2.22. The van der Waals surface area contributed by atoms with Crippen LogP contribution in [-0.2, 0) is 4.79 Å². The molecular formula is C19H19N3O2S. The minimum absolute atomic E-state index is 0.0776. The van der Waals surface area contributed by atoms with Crippen LogP contribution in [0.15, 0.2) is 58.5 Å². The first-order valence-corrected chi connectivity index (χ1v) is 9.07. The molecule has 2 aromatic carbocycles. The van der Waals surface area contributed by atoms with Crippen molar-refractivity contribution < 1.29 is 4.79 Å². The van der Waals surface area contributed by atoms with Crippen LogP contribution in [0.1, 0.15) is 12.5 Å². The maximum atomic E-state index is 13.1. The topological polar surface area (TPSA) is 64.0 Å². The zero-order valence-corrected chi connectivity index (χ0v) is 15.0. The lowest BCUT2D eigenvalue weighted by Gasteiger charge is -2.15. The van der Waals surface area contributed by atoms with Gasteiger partial charge in [-0.05, 0) is 37.6 Å². The number of nitrogens with one attached hydrogen (secondary N) is 1. The van der Waals surface area contributed by atoms with Crippen LogP contribution in [0.3, 0.4) is 0 Å². The van der Waals surface area contributed by atoms with Gasteiger partial charge in [0, 0.05) is 6.54 Å². The normalized spacial score (nSPS) is 10.8. The van der Waals surface area contributed by atoms with E-state index in [-0.39, 0.29) is 17.2 Å². The van der Waals surface area contributed by atoms with Crippen molar-refractivity contribution >= 4 is 28.6 Å². The Bertz CT molecular complexity index is 982. The molecule has 0 saturated carbocycles. The van der Waals surface area contributed by atoms with E-state index in [1.165, 1.54) is 11.8 Å². The number of rotatable bonds is 5. The first-order valence-electron chi connectivity index (χ1n) is 8.09. The molecule has 0 unspecified atom stereocenters. The number of hydrogen-bond donors (Lipinski definition) is 1. The third-order valence-electron chi connectivity index (χ3n) is 3.81. The molecule has 0 fully saturated rings. The molecule has 0 spiro atoms. The minimum Gasteiger partial charge on any atom is -0.356 e. The summed E-state index contributed by atoms with van der Waals surface area (Å²) in [6.45, 7) is 4.41. The summed E-state index contributed by atoms with van der Waals surface area (Å²) in [5.41, 5.74) is 2.26. The monoisotopic (exact) mass is 353 g/mol. The highest BCUT2D eigenvalue weighted by molar-refractivity contribution is 7.99. The number of aryl methyl sites for hydroxylation is 1. The van der Waals surface area contributed by atoms with Gasteiger partial charge in [-0.25, -0.2) is 4.98 Å². The Labute approximate surface area is 150 Å². The van der Waals surface area contributed by atoms with Crippen LogP contribution in [0, 0.1) is 6.92 Å². The predicted molar refractivity (Wildman–Crippen MR) is 101 cm³/mol. The lowest BCUT2D eigenvalue weighted by Crippen LogP contribution is -2.26. The largest absolute Gasteiger partial charge is 0.356 e. The van der Waals surface area contributed by atoms with Gasteiger partial charge in [-0.2, -0.15) is 0 Å². The fraction of sp³-hybridized carbons (Fsp3) is 0.211. The predicted octanol–water partition coefficient (Wildman–Crippen LogP) is 2.92. The Morgan fingerprint density at radius 2 is 1.88 bits per heavy atom. The molecule has 1 amide bonds. The van der Waals surface area contributed by atoms with Crippen LogP contribution in [0.25, 0.3) is 16.6 Å². The van der Waals surface area contributed by atoms with Crippen molar-refractivity contribution in [1.29, 1.82) is 0 Å². The Morgan fingerprint density at radius 3 is 2.64 bits per heavy atom. The highest BCUT2D eigenvalue weighted by Gasteiger charge is 2.15. The van der Waals surface area contributed by atoms with Gasteiger partial charge in [-0.3, -0.25) is 14.2 Å². The van der Waals surface area contributed by atoms with E-state index in [2.05, 4.69) is 10.3 Å². The molecule has 5 nitrogen and oxygen atoms in total. The smallest absolute Gasteiger partial charge is 0.266 e. The quantitative estimate of drug-likeness (QED) is 0.566. The number of carbonyl (C=O) groups excluding carboxylic acids is 1. The van der Waals surface area contributed by atoms with Crippen molar-refractivity contribution in [2.75, 3.05) is 12.3 Å². The third-order valence-corrected chi connectivity index (χ3v) is 4.75. The summed E-state index contributed by atoms with van der Waals surface area (Å²) in [4.78, 5) is 29.5. The lowest BCUT2D eigenvalue weighted by atomic mass is 10.2. The van der Waals surface area contributed by atoms with E-state index in [1.807, 2.05) is 56.3 Å². The van der Waals surface area contributed by atoms with Gasteiger partial charge in [0.05, 0.1) is 22.3 Å². The van der Waals surface area contributed by atoms with Crippen LogP contribution in [-0.4, -0.2) is 27.8 Å². The summed E-state index contributed by atoms with van der Waals surface area (Å²) in [7, 11) is 0. The Morgan fingerprint density at radius 1 is 1.16 bits per heavy atom. The summed E-state index contributed by atoms with van der Waals surface area (Å²) in [5, 5.41) is 3.84. The van der Waals surface area contributed by atoms with Crippen molar-refractivity contribution in [3.8, 4) is 5.69 Å². The van der Waals surface area contributed by atoms with E-state index in [0.29, 0.717) is 22.6 Å². The van der Waals surface area contributed by atoms with Crippen LogP contribution < -0.4 is 10.9 Å². The number of para-hydroxylation sites is 2. The number of amides is 1. The number of fused-ring (bicyclic) bond motifs is 1. The fourth-order valence-electron chi connectivity index (χ4n) is 2.61. The van der Waals surface area contributed by atoms with Crippen LogP contribution in [0.2, 0.25) is 0 Å². The maximum absolute atomic E-state index is 13.1. The molecule has 128 valence electrons. The van der Waals surface area contributed by atoms with Crippen molar-refractivity contribution in [2.45, 2.75) is 19.0 Å². The molecular weight excluding hydrogens is 334 g/mol. The molecule has 6 heteroatoms. The zero-order valence-electron chi connectivity index (χ0n) is 14.2. The first kappa shape index (κ1) is 17.2. The third kappa shape index (κ3) is 3.58. The average molecular weight is 353 g/mol. The van der Waals surface area contributed by atoms with E-state index in [9.17, 15) is 9.59 Å². The summed E-state index contributed by atoms with van der Waals surface area (Å²) in [5.74, 6) is 0.135. The summed E-state index contributed by atoms with van der Waals surface area (Å²) in [6.07, 6.45) is 0. The molecule has 1 aromatic heterocycles. The molecule has 25 heavy (non-hydrogen) atoms. The van der Waals surface area contributed by atoms with Crippen LogP contribution >= 0.6 is 11.8 Å². The summed E-state index contributed by atoms with van der Waals surface area (Å²) in [6, 6.07) is 14.9. The van der Waals surface area contributed by atoms with Crippen molar-refractivity contribution in [1.82, 2.24) is 14.9 Å². The van der Waals surface area contributed by atoms with Gasteiger partial charge in [-0.1, -0.05) is 42.1 Å². The molecule has 0 aliphatic carbocycles. The standard InChI is InChI=1S/C19H19N3O2S/c1-3-20-17(23)12-25-19-21-15-10-6-5-9-14(15)18(24)22(19)16-11-7-4-8-13(16)2/h4-11H,3,12H2,1-2H3,(H,20,23). The molecule has 0 aliphatic heterocycles. The Hall–Kier alpha value is -2.60. The second kappa shape index (κ2) is 7.53. The second-order valence-corrected chi connectivity index (χ2v) is 6.52. The van der Waals surface area contributed by atoms with Gasteiger partial charge in [0.15, 0.2) is 5.16 Å². The molecule has 3 aromatic rings. The SMILES string of the molecule is CCNC(=O)CSc1nc2ccccc2c(=O)n1-c1ccccc1C. The van der Waals surface area contributed by atoms with Gasteiger partial charge in [0.2, 0.25) is 5.91 Å². The van der Waals surface area contributed by atoms with E-state index >= 15 is 0 Å². The molecule has 0 radical (unpaired) electrons. The molecule has 3 rings (SSSR count). The Kier molecular flexibility index (Phi) is 5.19. The van der Waals surface area contributed by atoms with Crippen LogP contribution in [0.4, 0.5) is 0 Å². The van der Waals surface area contributed by atoms with E-state index in [0.717, 1.165) is 11.3 Å². The van der Waals surface area contributed by atoms with Gasteiger partial charge in [0.25, 0.3) is 5.56 Å². The van der Waals surface area contributed by atoms with E-state index in [1.54, 1.807) is 10.6 Å². The first-order chi connectivity index (χ1) is 12.1. The van der Waals surface area contributed by atoms with Crippen molar-refractivity contribution in [3.05, 3.63) is 64.4 Å². The van der Waals surface area contributed by atoms with E-state index in [4.69, 9.17) is 0 Å². The van der Waals surface area contributed by atoms with Gasteiger partial charge < -0.3 is 5.32 Å². The van der Waals surface area contributed by atoms with Gasteiger partial charge >= 0.3 is 0 Å². The number of thioether (sulfide) groups is 1. The maximum Gasteiger partial charge on any atom is 0.266 e. The number of aromatic nitrogens is 2. The molecule has 1 heterocycles. The average Bonchev–Trinajstić information content (AvgIpc) is 2.61. The van der Waals surface area contributed by atoms with Gasteiger partial charge in [0.1, 0.15) is 0 Å². The number of carbonyl (C=O) groups is 1. The molecule has 0 atom stereocenters. The molecule has 0 aliphatic rings. The minimum atomic E-state index is -0.127. The fourth-order valence-corrected chi connectivity index (χ4v) is 3.45. The van der Waals surface area contributed by atoms with Crippen molar-refractivity contribution in [2.24, 2.45) is 0 Å². The van der Waals surface area contributed by atoms with Crippen LogP contribution in [0.5, 0.6) is 0 Å². The van der Waals surface area contributed by atoms with E-state index < -0.39 is 0 Å². The van der Waals surface area contributed by atoms with Crippen molar-refractivity contribution in [3.63, 3.8) is 0 Å². The lowest BCUT2D eigenvalue weighted by molar-refractivity contribution is -0.118. The molecule has 1 N–H and O–H groups in total. The summed E-state index contributed by atoms with van der Waals surface area (Å²) < 4.78 is 1.60. The van der Waals surface area contributed by atoms with Gasteiger partial charge in [-0.15, -0.1) is 0 Å².